The molecule has 0 aliphatic rings. The maximum absolute atomic E-state index is 12.4. The minimum Gasteiger partial charge on any atom is -0.497 e. The number of nitrogens with zero attached hydrogens (tertiary/aromatic N) is 5. The first-order valence-electron chi connectivity index (χ1n) is 10.4. The number of benzene rings is 2. The fraction of sp³-hybridized carbons (Fsp3) is 0.167. The van der Waals surface area contributed by atoms with Crippen molar-refractivity contribution in [1.82, 2.24) is 24.8 Å². The fourth-order valence-corrected chi connectivity index (χ4v) is 3.94. The zero-order valence-corrected chi connectivity index (χ0v) is 19.8. The van der Waals surface area contributed by atoms with E-state index in [-0.39, 0.29) is 11.7 Å². The van der Waals surface area contributed by atoms with E-state index < -0.39 is 0 Å². The van der Waals surface area contributed by atoms with Crippen LogP contribution in [0.25, 0.3) is 17.1 Å². The molecule has 2 aromatic heterocycles. The van der Waals surface area contributed by atoms with Gasteiger partial charge in [0, 0.05) is 24.5 Å². The number of ether oxygens (including phenoxy) is 2. The SMILES string of the molecule is COc1ccc(-c2nnc(SCC(=O)N/N=C\c3cccn3C)n2-c2ccc(OC)cc2)cc1. The van der Waals surface area contributed by atoms with Gasteiger partial charge in [-0.2, -0.15) is 5.10 Å². The van der Waals surface area contributed by atoms with Gasteiger partial charge in [-0.05, 0) is 60.7 Å². The average molecular weight is 477 g/mol. The quantitative estimate of drug-likeness (QED) is 0.226. The number of aromatic nitrogens is 4. The van der Waals surface area contributed by atoms with Crippen molar-refractivity contribution < 1.29 is 14.3 Å². The Morgan fingerprint density at radius 1 is 1.03 bits per heavy atom. The van der Waals surface area contributed by atoms with Crippen molar-refractivity contribution in [2.45, 2.75) is 5.16 Å². The van der Waals surface area contributed by atoms with Crippen molar-refractivity contribution in [2.24, 2.45) is 12.1 Å². The Kier molecular flexibility index (Phi) is 7.28. The number of aryl methyl sites for hydroxylation is 1. The van der Waals surface area contributed by atoms with E-state index in [1.54, 1.807) is 20.4 Å². The first-order chi connectivity index (χ1) is 16.6. The summed E-state index contributed by atoms with van der Waals surface area (Å²) in [5.74, 6) is 2.03. The summed E-state index contributed by atoms with van der Waals surface area (Å²) >= 11 is 1.28. The molecule has 2 aromatic carbocycles. The largest absolute Gasteiger partial charge is 0.497 e. The van der Waals surface area contributed by atoms with Gasteiger partial charge in [0.2, 0.25) is 0 Å². The van der Waals surface area contributed by atoms with Gasteiger partial charge in [0.05, 0.1) is 31.9 Å². The van der Waals surface area contributed by atoms with Gasteiger partial charge in [0.25, 0.3) is 5.91 Å². The maximum Gasteiger partial charge on any atom is 0.250 e. The van der Waals surface area contributed by atoms with Crippen LogP contribution in [0, 0.1) is 0 Å². The molecule has 0 saturated carbocycles. The van der Waals surface area contributed by atoms with E-state index in [4.69, 9.17) is 9.47 Å². The Bertz CT molecular complexity index is 1280. The van der Waals surface area contributed by atoms with Gasteiger partial charge in [-0.15, -0.1) is 10.2 Å². The second-order valence-electron chi connectivity index (χ2n) is 7.19. The number of nitrogens with one attached hydrogen (secondary N) is 1. The van der Waals surface area contributed by atoms with E-state index in [1.165, 1.54) is 11.8 Å². The average Bonchev–Trinajstić information content (AvgIpc) is 3.49. The molecule has 174 valence electrons. The fourth-order valence-electron chi connectivity index (χ4n) is 3.20. The van der Waals surface area contributed by atoms with Crippen molar-refractivity contribution in [3.8, 4) is 28.6 Å². The summed E-state index contributed by atoms with van der Waals surface area (Å²) in [5, 5.41) is 13.4. The molecule has 0 bridgehead atoms. The zero-order chi connectivity index (χ0) is 23.9. The van der Waals surface area contributed by atoms with Crippen LogP contribution in [0.2, 0.25) is 0 Å². The van der Waals surface area contributed by atoms with E-state index in [0.717, 1.165) is 28.4 Å². The normalized spacial score (nSPS) is 11.0. The maximum atomic E-state index is 12.4. The predicted molar refractivity (Wildman–Crippen MR) is 132 cm³/mol. The Balaban J connectivity index is 1.55. The van der Waals surface area contributed by atoms with Gasteiger partial charge in [-0.3, -0.25) is 9.36 Å². The molecule has 0 atom stereocenters. The lowest BCUT2D eigenvalue weighted by atomic mass is 10.2. The van der Waals surface area contributed by atoms with Crippen LogP contribution in [-0.2, 0) is 11.8 Å². The number of methoxy groups -OCH3 is 2. The summed E-state index contributed by atoms with van der Waals surface area (Å²) in [7, 11) is 5.15. The minimum absolute atomic E-state index is 0.126. The summed E-state index contributed by atoms with van der Waals surface area (Å²) in [4.78, 5) is 12.4. The van der Waals surface area contributed by atoms with Crippen LogP contribution in [0.15, 0.2) is 77.1 Å². The molecular formula is C24H24N6O3S. The molecule has 4 rings (SSSR count). The summed E-state index contributed by atoms with van der Waals surface area (Å²) in [6, 6.07) is 19.0. The molecule has 1 amide bonds. The highest BCUT2D eigenvalue weighted by Gasteiger charge is 2.17. The van der Waals surface area contributed by atoms with Crippen LogP contribution in [-0.4, -0.2) is 51.4 Å². The Morgan fingerprint density at radius 2 is 1.71 bits per heavy atom. The highest BCUT2D eigenvalue weighted by molar-refractivity contribution is 7.99. The second kappa shape index (κ2) is 10.7. The minimum atomic E-state index is -0.245. The monoisotopic (exact) mass is 476 g/mol. The topological polar surface area (TPSA) is 95.6 Å². The summed E-state index contributed by atoms with van der Waals surface area (Å²) in [6.45, 7) is 0. The molecule has 2 heterocycles. The third-order valence-corrected chi connectivity index (χ3v) is 5.94. The van der Waals surface area contributed by atoms with Crippen LogP contribution in [0.5, 0.6) is 11.5 Å². The molecule has 10 heteroatoms. The smallest absolute Gasteiger partial charge is 0.250 e. The van der Waals surface area contributed by atoms with Gasteiger partial charge in [-0.1, -0.05) is 11.8 Å². The van der Waals surface area contributed by atoms with Crippen molar-refractivity contribution in [1.29, 1.82) is 0 Å². The number of rotatable bonds is 9. The number of amides is 1. The molecule has 34 heavy (non-hydrogen) atoms. The van der Waals surface area contributed by atoms with E-state index >= 15 is 0 Å². The van der Waals surface area contributed by atoms with Crippen LogP contribution in [0.1, 0.15) is 5.69 Å². The zero-order valence-electron chi connectivity index (χ0n) is 19.0. The standard InChI is InChI=1S/C24H24N6O3S/c1-29-14-4-5-19(29)15-25-26-22(31)16-34-24-28-27-23(17-6-10-20(32-2)11-7-17)30(24)18-8-12-21(33-3)13-9-18/h4-15H,16H2,1-3H3,(H,26,31)/b25-15-. The van der Waals surface area contributed by atoms with Crippen LogP contribution < -0.4 is 14.9 Å². The van der Waals surface area contributed by atoms with Crippen LogP contribution in [0.4, 0.5) is 0 Å². The van der Waals surface area contributed by atoms with Crippen molar-refractivity contribution in [3.05, 3.63) is 72.6 Å². The molecule has 0 unspecified atom stereocenters. The summed E-state index contributed by atoms with van der Waals surface area (Å²) in [5.41, 5.74) is 5.15. The number of hydrogen-bond acceptors (Lipinski definition) is 7. The van der Waals surface area contributed by atoms with Crippen LogP contribution in [0.3, 0.4) is 0 Å². The number of carbonyl (C=O) groups excluding carboxylic acids is 1. The highest BCUT2D eigenvalue weighted by atomic mass is 32.2. The molecule has 0 aliphatic carbocycles. The molecule has 0 spiro atoms. The van der Waals surface area contributed by atoms with Gasteiger partial charge in [0.15, 0.2) is 11.0 Å². The van der Waals surface area contributed by atoms with Crippen LogP contribution >= 0.6 is 11.8 Å². The predicted octanol–water partition coefficient (Wildman–Crippen LogP) is 3.53. The number of hydrogen-bond donors (Lipinski definition) is 1. The van der Waals surface area contributed by atoms with E-state index in [0.29, 0.717) is 11.0 Å². The Labute approximate surface area is 201 Å². The van der Waals surface area contributed by atoms with Crippen molar-refractivity contribution in [2.75, 3.05) is 20.0 Å². The number of carbonyl (C=O) groups is 1. The van der Waals surface area contributed by atoms with E-state index in [9.17, 15) is 4.79 Å². The molecule has 0 saturated heterocycles. The van der Waals surface area contributed by atoms with Crippen molar-refractivity contribution in [3.63, 3.8) is 0 Å². The molecular weight excluding hydrogens is 452 g/mol. The molecule has 0 aliphatic heterocycles. The lowest BCUT2D eigenvalue weighted by Crippen LogP contribution is -2.20. The lowest BCUT2D eigenvalue weighted by molar-refractivity contribution is -0.118. The van der Waals surface area contributed by atoms with E-state index in [2.05, 4.69) is 20.7 Å². The van der Waals surface area contributed by atoms with Gasteiger partial charge in [0.1, 0.15) is 11.5 Å². The molecule has 4 aromatic rings. The number of hydrazone groups is 1. The first-order valence-corrected chi connectivity index (χ1v) is 11.4. The molecule has 9 nitrogen and oxygen atoms in total. The summed E-state index contributed by atoms with van der Waals surface area (Å²) in [6.07, 6.45) is 3.51. The molecule has 0 fully saturated rings. The van der Waals surface area contributed by atoms with E-state index in [1.807, 2.05) is 83.0 Å². The molecule has 0 radical (unpaired) electrons. The Morgan fingerprint density at radius 3 is 2.32 bits per heavy atom. The lowest BCUT2D eigenvalue weighted by Gasteiger charge is -2.11. The van der Waals surface area contributed by atoms with Gasteiger partial charge < -0.3 is 14.0 Å². The summed E-state index contributed by atoms with van der Waals surface area (Å²) < 4.78 is 14.4. The first kappa shape index (κ1) is 23.1. The van der Waals surface area contributed by atoms with Gasteiger partial charge >= 0.3 is 0 Å². The van der Waals surface area contributed by atoms with Crippen molar-refractivity contribution >= 4 is 23.9 Å². The third kappa shape index (κ3) is 5.29. The second-order valence-corrected chi connectivity index (χ2v) is 8.14. The molecule has 1 N–H and O–H groups in total. The Hall–Kier alpha value is -4.05. The number of thioether (sulfide) groups is 1. The third-order valence-electron chi connectivity index (χ3n) is 5.01. The van der Waals surface area contributed by atoms with Gasteiger partial charge in [-0.25, -0.2) is 5.43 Å². The highest BCUT2D eigenvalue weighted by Crippen LogP contribution is 2.29.